The van der Waals surface area contributed by atoms with Crippen molar-refractivity contribution >= 4 is 28.9 Å². The van der Waals surface area contributed by atoms with Crippen LogP contribution in [-0.4, -0.2) is 20.9 Å². The number of esters is 1. The van der Waals surface area contributed by atoms with Crippen molar-refractivity contribution in [3.8, 4) is 0 Å². The van der Waals surface area contributed by atoms with E-state index in [0.29, 0.717) is 0 Å². The average Bonchev–Trinajstić information content (AvgIpc) is 2.37. The standard InChI is InChI=1S/C18H27ClFNO3S/c1-16(2,3)24-14(22)11-18(7,21-25(23)17(4,5)6)12-9-8-10-13(19)15(12)20/h8-10,21H,11H2,1-7H3. The number of carbonyl (C=O) groups excluding carboxylic acids is 1. The molecule has 0 saturated carbocycles. The molecular formula is C18H27ClFNO3S. The Bertz CT molecular complexity index is 628. The Hall–Kier alpha value is -0.820. The Labute approximate surface area is 157 Å². The molecule has 25 heavy (non-hydrogen) atoms. The molecule has 7 heteroatoms. The number of halogens is 2. The fourth-order valence-corrected chi connectivity index (χ4v) is 3.21. The van der Waals surface area contributed by atoms with Crippen LogP contribution in [0.25, 0.3) is 0 Å². The molecule has 0 spiro atoms. The van der Waals surface area contributed by atoms with Crippen molar-refractivity contribution in [3.63, 3.8) is 0 Å². The van der Waals surface area contributed by atoms with Crippen molar-refractivity contribution < 1.29 is 18.5 Å². The maximum atomic E-state index is 14.6. The predicted octanol–water partition coefficient (Wildman–Crippen LogP) is 4.48. The van der Waals surface area contributed by atoms with Crippen LogP contribution in [0.4, 0.5) is 4.39 Å². The Morgan fingerprint density at radius 1 is 1.24 bits per heavy atom. The van der Waals surface area contributed by atoms with Crippen LogP contribution in [-0.2, 0) is 26.4 Å². The van der Waals surface area contributed by atoms with Gasteiger partial charge in [0, 0.05) is 16.9 Å². The molecule has 0 aliphatic carbocycles. The quantitative estimate of drug-likeness (QED) is 0.593. The highest BCUT2D eigenvalue weighted by Gasteiger charge is 2.41. The molecule has 0 aliphatic heterocycles. The number of benzene rings is 1. The van der Waals surface area contributed by atoms with Gasteiger partial charge in [-0.05, 0) is 54.5 Å². The summed E-state index contributed by atoms with van der Waals surface area (Å²) < 4.78 is 34.9. The lowest BCUT2D eigenvalue weighted by molar-refractivity contribution is -0.156. The van der Waals surface area contributed by atoms with Gasteiger partial charge in [0.2, 0.25) is 0 Å². The fourth-order valence-electron chi connectivity index (χ4n) is 2.14. The minimum absolute atomic E-state index is 0.0590. The second-order valence-electron chi connectivity index (χ2n) is 8.18. The van der Waals surface area contributed by atoms with Crippen LogP contribution >= 0.6 is 11.6 Å². The average molecular weight is 392 g/mol. The second-order valence-corrected chi connectivity index (χ2v) is 10.6. The van der Waals surface area contributed by atoms with E-state index in [1.54, 1.807) is 54.5 Å². The highest BCUT2D eigenvalue weighted by Crippen LogP contribution is 2.33. The minimum Gasteiger partial charge on any atom is -0.598 e. The van der Waals surface area contributed by atoms with Crippen molar-refractivity contribution in [3.05, 3.63) is 34.6 Å². The molecule has 1 aromatic rings. The van der Waals surface area contributed by atoms with Gasteiger partial charge in [0.1, 0.15) is 16.2 Å². The lowest BCUT2D eigenvalue weighted by atomic mass is 9.89. The molecule has 142 valence electrons. The van der Waals surface area contributed by atoms with Crippen molar-refractivity contribution in [2.24, 2.45) is 0 Å². The molecule has 0 saturated heterocycles. The molecule has 2 unspecified atom stereocenters. The van der Waals surface area contributed by atoms with E-state index in [2.05, 4.69) is 4.72 Å². The first-order valence-corrected chi connectivity index (χ1v) is 9.54. The van der Waals surface area contributed by atoms with Crippen molar-refractivity contribution in [1.82, 2.24) is 4.72 Å². The minimum atomic E-state index is -1.53. The monoisotopic (exact) mass is 391 g/mol. The van der Waals surface area contributed by atoms with E-state index in [-0.39, 0.29) is 17.0 Å². The summed E-state index contributed by atoms with van der Waals surface area (Å²) in [6.07, 6.45) is -0.191. The molecule has 1 aromatic carbocycles. The number of rotatable bonds is 5. The van der Waals surface area contributed by atoms with Crippen molar-refractivity contribution in [2.45, 2.75) is 70.8 Å². The molecular weight excluding hydrogens is 365 g/mol. The zero-order valence-electron chi connectivity index (χ0n) is 15.8. The van der Waals surface area contributed by atoms with Gasteiger partial charge in [-0.3, -0.25) is 4.79 Å². The van der Waals surface area contributed by atoms with Gasteiger partial charge in [0.25, 0.3) is 0 Å². The maximum absolute atomic E-state index is 14.6. The number of carbonyl (C=O) groups is 1. The summed E-state index contributed by atoms with van der Waals surface area (Å²) in [6.45, 7) is 12.2. The smallest absolute Gasteiger partial charge is 0.308 e. The summed E-state index contributed by atoms with van der Waals surface area (Å²) in [4.78, 5) is 12.4. The number of nitrogens with one attached hydrogen (secondary N) is 1. The zero-order valence-corrected chi connectivity index (χ0v) is 17.4. The summed E-state index contributed by atoms with van der Waals surface area (Å²) in [5.41, 5.74) is -1.74. The third-order valence-electron chi connectivity index (χ3n) is 3.34. The Morgan fingerprint density at radius 2 is 1.80 bits per heavy atom. The zero-order chi connectivity index (χ0) is 19.6. The Balaban J connectivity index is 3.26. The van der Waals surface area contributed by atoms with Gasteiger partial charge < -0.3 is 9.29 Å². The van der Waals surface area contributed by atoms with Gasteiger partial charge in [0.15, 0.2) is 0 Å². The largest absolute Gasteiger partial charge is 0.598 e. The molecule has 0 fully saturated rings. The highest BCUT2D eigenvalue weighted by atomic mass is 35.5. The van der Waals surface area contributed by atoms with E-state index in [4.69, 9.17) is 16.3 Å². The molecule has 0 aromatic heterocycles. The summed E-state index contributed by atoms with van der Waals surface area (Å²) in [5.74, 6) is -1.17. The van der Waals surface area contributed by atoms with Gasteiger partial charge in [-0.2, -0.15) is 0 Å². The lowest BCUT2D eigenvalue weighted by Gasteiger charge is -2.35. The van der Waals surface area contributed by atoms with Crippen molar-refractivity contribution in [1.29, 1.82) is 0 Å². The van der Waals surface area contributed by atoms with Gasteiger partial charge in [0.05, 0.1) is 17.0 Å². The van der Waals surface area contributed by atoms with Gasteiger partial charge in [-0.15, -0.1) is 4.72 Å². The number of hydrogen-bond donors (Lipinski definition) is 1. The summed E-state index contributed by atoms with van der Waals surface area (Å²) >= 11 is 4.37. The first-order chi connectivity index (χ1) is 11.2. The van der Waals surface area contributed by atoms with E-state index < -0.39 is 39.0 Å². The van der Waals surface area contributed by atoms with Crippen LogP contribution in [0.1, 0.15) is 60.5 Å². The van der Waals surface area contributed by atoms with Crippen molar-refractivity contribution in [2.75, 3.05) is 0 Å². The Morgan fingerprint density at radius 3 is 2.28 bits per heavy atom. The molecule has 4 nitrogen and oxygen atoms in total. The molecule has 0 amide bonds. The van der Waals surface area contributed by atoms with Gasteiger partial charge >= 0.3 is 5.97 Å². The van der Waals surface area contributed by atoms with Crippen LogP contribution in [0.3, 0.4) is 0 Å². The third kappa shape index (κ3) is 6.44. The molecule has 1 N–H and O–H groups in total. The first-order valence-electron chi connectivity index (χ1n) is 8.02. The van der Waals surface area contributed by atoms with Gasteiger partial charge in [-0.1, -0.05) is 23.7 Å². The number of hydrogen-bond acceptors (Lipinski definition) is 4. The summed E-state index contributed by atoms with van der Waals surface area (Å²) in [5, 5.41) is -0.0590. The number of ether oxygens (including phenoxy) is 1. The second kappa shape index (κ2) is 7.82. The Kier molecular flexibility index (Phi) is 6.95. The molecule has 0 bridgehead atoms. The van der Waals surface area contributed by atoms with E-state index in [1.165, 1.54) is 12.1 Å². The lowest BCUT2D eigenvalue weighted by Crippen LogP contribution is -2.51. The molecule has 0 heterocycles. The van der Waals surface area contributed by atoms with E-state index >= 15 is 0 Å². The van der Waals surface area contributed by atoms with E-state index in [0.717, 1.165) is 0 Å². The SMILES string of the molecule is CC(C)(C)OC(=O)CC(C)(N[S+]([O-])C(C)(C)C)c1cccc(Cl)c1F. The molecule has 0 radical (unpaired) electrons. The van der Waals surface area contributed by atoms with Crippen LogP contribution in [0.15, 0.2) is 18.2 Å². The normalized spacial score (nSPS) is 16.2. The van der Waals surface area contributed by atoms with E-state index in [1.807, 2.05) is 0 Å². The van der Waals surface area contributed by atoms with Gasteiger partial charge in [-0.25, -0.2) is 4.39 Å². The topological polar surface area (TPSA) is 61.4 Å². The predicted molar refractivity (Wildman–Crippen MR) is 100 cm³/mol. The molecule has 2 atom stereocenters. The third-order valence-corrected chi connectivity index (χ3v) is 5.38. The fraction of sp³-hybridized carbons (Fsp3) is 0.611. The summed E-state index contributed by atoms with van der Waals surface area (Å²) in [6, 6.07) is 4.54. The first kappa shape index (κ1) is 22.2. The highest BCUT2D eigenvalue weighted by molar-refractivity contribution is 7.90. The summed E-state index contributed by atoms with van der Waals surface area (Å²) in [7, 11) is 0. The maximum Gasteiger partial charge on any atom is 0.308 e. The van der Waals surface area contributed by atoms with E-state index in [9.17, 15) is 13.7 Å². The van der Waals surface area contributed by atoms with Crippen LogP contribution < -0.4 is 4.72 Å². The molecule has 1 rings (SSSR count). The van der Waals surface area contributed by atoms with Crippen LogP contribution in [0.2, 0.25) is 5.02 Å². The van der Waals surface area contributed by atoms with Crippen LogP contribution in [0.5, 0.6) is 0 Å². The molecule has 0 aliphatic rings. The van der Waals surface area contributed by atoms with Crippen LogP contribution in [0, 0.1) is 5.82 Å².